The quantitative estimate of drug-likeness (QED) is 0.193. The molecular formula is C25H40N4O8S. The molecule has 3 atom stereocenters. The normalized spacial score (nSPS) is 14.2. The van der Waals surface area contributed by atoms with Crippen LogP contribution in [0.25, 0.3) is 0 Å². The van der Waals surface area contributed by atoms with Crippen molar-refractivity contribution in [1.82, 2.24) is 16.0 Å². The summed E-state index contributed by atoms with van der Waals surface area (Å²) in [6, 6.07) is 5.65. The van der Waals surface area contributed by atoms with Crippen LogP contribution in [0.5, 0.6) is 0 Å². The number of alkyl carbamates (subject to hydrolysis) is 1. The Morgan fingerprint density at radius 3 is 2.03 bits per heavy atom. The van der Waals surface area contributed by atoms with E-state index in [-0.39, 0.29) is 31.8 Å². The predicted octanol–water partition coefficient (Wildman–Crippen LogP) is 0.990. The highest BCUT2D eigenvalue weighted by atomic mass is 32.2. The molecular weight excluding hydrogens is 516 g/mol. The third kappa shape index (κ3) is 13.4. The number of hydrogen-bond donors (Lipinski definition) is 4. The minimum absolute atomic E-state index is 0.0127. The van der Waals surface area contributed by atoms with Crippen molar-refractivity contribution in [3.05, 3.63) is 35.9 Å². The topological polar surface area (TPSA) is 183 Å². The molecule has 0 heterocycles. The average Bonchev–Trinajstić information content (AvgIpc) is 2.77. The van der Waals surface area contributed by atoms with Crippen LogP contribution < -0.4 is 21.7 Å². The fourth-order valence-corrected chi connectivity index (χ4v) is 3.76. The number of carbonyl (C=O) groups excluding carboxylic acids is 4. The van der Waals surface area contributed by atoms with E-state index in [1.165, 1.54) is 0 Å². The lowest BCUT2D eigenvalue weighted by Crippen LogP contribution is -2.58. The molecule has 13 heteroatoms. The van der Waals surface area contributed by atoms with Gasteiger partial charge >= 0.3 is 6.09 Å². The lowest BCUT2D eigenvalue weighted by Gasteiger charge is -2.27. The third-order valence-corrected chi connectivity index (χ3v) is 5.73. The van der Waals surface area contributed by atoms with Crippen molar-refractivity contribution in [1.29, 1.82) is 0 Å². The highest BCUT2D eigenvalue weighted by molar-refractivity contribution is 7.85. The van der Waals surface area contributed by atoms with Gasteiger partial charge in [-0.3, -0.25) is 18.6 Å². The van der Waals surface area contributed by atoms with Crippen LogP contribution in [0.4, 0.5) is 4.79 Å². The molecule has 1 aromatic rings. The number of ether oxygens (including phenoxy) is 1. The third-order valence-electron chi connectivity index (χ3n) is 5.13. The van der Waals surface area contributed by atoms with E-state index < -0.39 is 57.7 Å². The summed E-state index contributed by atoms with van der Waals surface area (Å²) in [7, 11) is -3.69. The first kappa shape index (κ1) is 32.8. The van der Waals surface area contributed by atoms with Crippen molar-refractivity contribution < 1.29 is 36.5 Å². The summed E-state index contributed by atoms with van der Waals surface area (Å²) in [5, 5.41) is 7.67. The summed E-state index contributed by atoms with van der Waals surface area (Å²) in [4.78, 5) is 50.6. The molecule has 0 aliphatic rings. The average molecular weight is 557 g/mol. The second kappa shape index (κ2) is 14.7. The Labute approximate surface area is 224 Å². The second-order valence-electron chi connectivity index (χ2n) is 10.3. The summed E-state index contributed by atoms with van der Waals surface area (Å²) in [6.45, 7) is 8.24. The Kier molecular flexibility index (Phi) is 12.7. The fraction of sp³-hybridized carbons (Fsp3) is 0.600. The minimum Gasteiger partial charge on any atom is -0.444 e. The number of benzene rings is 1. The first-order valence-corrected chi connectivity index (χ1v) is 14.1. The van der Waals surface area contributed by atoms with Gasteiger partial charge in [-0.2, -0.15) is 8.42 Å². The first-order valence-electron chi connectivity index (χ1n) is 12.3. The lowest BCUT2D eigenvalue weighted by molar-refractivity contribution is -0.132. The highest BCUT2D eigenvalue weighted by Crippen LogP contribution is 2.10. The molecule has 5 N–H and O–H groups in total. The van der Waals surface area contributed by atoms with Gasteiger partial charge in [0.1, 0.15) is 23.7 Å². The molecule has 0 spiro atoms. The lowest BCUT2D eigenvalue weighted by atomic mass is 10.0. The summed E-state index contributed by atoms with van der Waals surface area (Å²) >= 11 is 0. The Morgan fingerprint density at radius 1 is 0.947 bits per heavy atom. The molecule has 0 bridgehead atoms. The van der Waals surface area contributed by atoms with Gasteiger partial charge in [0.2, 0.25) is 17.7 Å². The number of primary amides is 1. The van der Waals surface area contributed by atoms with E-state index in [9.17, 15) is 27.6 Å². The van der Waals surface area contributed by atoms with Crippen LogP contribution in [0.2, 0.25) is 0 Å². The minimum atomic E-state index is -3.69. The van der Waals surface area contributed by atoms with Crippen LogP contribution in [0, 0.1) is 5.92 Å². The highest BCUT2D eigenvalue weighted by Gasteiger charge is 2.31. The molecule has 0 saturated heterocycles. The van der Waals surface area contributed by atoms with Gasteiger partial charge in [-0.05, 0) is 45.1 Å². The van der Waals surface area contributed by atoms with Crippen molar-refractivity contribution in [2.45, 2.75) is 77.6 Å². The Morgan fingerprint density at radius 2 is 1.53 bits per heavy atom. The predicted molar refractivity (Wildman–Crippen MR) is 141 cm³/mol. The molecule has 1 rings (SSSR count). The summed E-state index contributed by atoms with van der Waals surface area (Å²) in [6.07, 6.45) is 0.313. The molecule has 0 aliphatic carbocycles. The molecule has 0 aromatic heterocycles. The smallest absolute Gasteiger partial charge is 0.408 e. The molecule has 1 aromatic carbocycles. The van der Waals surface area contributed by atoms with Crippen LogP contribution in [0.1, 0.15) is 53.0 Å². The van der Waals surface area contributed by atoms with E-state index in [2.05, 4.69) is 16.0 Å². The van der Waals surface area contributed by atoms with Gasteiger partial charge in [0.05, 0.1) is 12.9 Å². The molecule has 0 fully saturated rings. The standard InChI is InChI=1S/C25H40N4O8S/c1-16(2)20(29-24(33)37-25(3,4)5)23(32)27-18(13-10-14-36-38(6,34)35)22(31)28-19(21(26)30)15-17-11-8-7-9-12-17/h7-9,11-12,16,18-20H,10,13-15H2,1-6H3,(H2,26,30)(H,27,32)(H,28,31)(H,29,33)/t18-,19-,20-/m0/s1. The maximum absolute atomic E-state index is 13.2. The van der Waals surface area contributed by atoms with Gasteiger partial charge < -0.3 is 26.4 Å². The van der Waals surface area contributed by atoms with Crippen LogP contribution in [-0.4, -0.2) is 68.8 Å². The monoisotopic (exact) mass is 556 g/mol. The number of nitrogens with two attached hydrogens (primary N) is 1. The van der Waals surface area contributed by atoms with Gasteiger partial charge in [-0.25, -0.2) is 4.79 Å². The molecule has 4 amide bonds. The van der Waals surface area contributed by atoms with Crippen LogP contribution >= 0.6 is 0 Å². The van der Waals surface area contributed by atoms with E-state index in [1.807, 2.05) is 6.07 Å². The molecule has 0 radical (unpaired) electrons. The second-order valence-corrected chi connectivity index (χ2v) is 11.9. The number of rotatable bonds is 14. The molecule has 214 valence electrons. The van der Waals surface area contributed by atoms with Gasteiger partial charge in [0, 0.05) is 6.42 Å². The van der Waals surface area contributed by atoms with E-state index in [4.69, 9.17) is 14.7 Å². The number of amides is 4. The molecule has 0 saturated carbocycles. The largest absolute Gasteiger partial charge is 0.444 e. The number of carbonyl (C=O) groups is 4. The van der Waals surface area contributed by atoms with Crippen LogP contribution in [0.3, 0.4) is 0 Å². The van der Waals surface area contributed by atoms with Gasteiger partial charge in [-0.15, -0.1) is 0 Å². The van der Waals surface area contributed by atoms with Crippen molar-refractivity contribution in [3.8, 4) is 0 Å². The van der Waals surface area contributed by atoms with Crippen molar-refractivity contribution >= 4 is 33.9 Å². The van der Waals surface area contributed by atoms with Crippen LogP contribution in [0.15, 0.2) is 30.3 Å². The molecule has 12 nitrogen and oxygen atoms in total. The first-order chi connectivity index (χ1) is 17.5. The maximum atomic E-state index is 13.2. The SMILES string of the molecule is CC(C)[C@H](NC(=O)OC(C)(C)C)C(=O)N[C@@H](CCCOS(C)(=O)=O)C(=O)N[C@@H](Cc1ccccc1)C(N)=O. The van der Waals surface area contributed by atoms with Crippen LogP contribution in [-0.2, 0) is 39.8 Å². The van der Waals surface area contributed by atoms with E-state index in [0.717, 1.165) is 11.8 Å². The maximum Gasteiger partial charge on any atom is 0.408 e. The van der Waals surface area contributed by atoms with Crippen molar-refractivity contribution in [2.24, 2.45) is 11.7 Å². The van der Waals surface area contributed by atoms with Gasteiger partial charge in [0.25, 0.3) is 10.1 Å². The fourth-order valence-electron chi connectivity index (χ4n) is 3.34. The van der Waals surface area contributed by atoms with E-state index >= 15 is 0 Å². The molecule has 0 unspecified atom stereocenters. The van der Waals surface area contributed by atoms with Crippen molar-refractivity contribution in [3.63, 3.8) is 0 Å². The summed E-state index contributed by atoms with van der Waals surface area (Å²) in [5.74, 6) is -2.48. The molecule has 38 heavy (non-hydrogen) atoms. The zero-order chi connectivity index (χ0) is 29.1. The van der Waals surface area contributed by atoms with E-state index in [0.29, 0.717) is 0 Å². The number of hydrogen-bond acceptors (Lipinski definition) is 8. The number of nitrogens with one attached hydrogen (secondary N) is 3. The van der Waals surface area contributed by atoms with Crippen molar-refractivity contribution in [2.75, 3.05) is 12.9 Å². The Bertz CT molecular complexity index is 1050. The van der Waals surface area contributed by atoms with Gasteiger partial charge in [-0.1, -0.05) is 44.2 Å². The zero-order valence-corrected chi connectivity index (χ0v) is 23.6. The summed E-state index contributed by atoms with van der Waals surface area (Å²) in [5.41, 5.74) is 5.49. The van der Waals surface area contributed by atoms with E-state index in [1.54, 1.807) is 58.9 Å². The Hall–Kier alpha value is -3.19. The Balaban J connectivity index is 3.04. The van der Waals surface area contributed by atoms with Gasteiger partial charge in [0.15, 0.2) is 0 Å². The molecule has 0 aliphatic heterocycles. The summed E-state index contributed by atoms with van der Waals surface area (Å²) < 4.78 is 32.5. The zero-order valence-electron chi connectivity index (χ0n) is 22.8.